The molecule has 3 aromatic rings. The highest BCUT2D eigenvalue weighted by Gasteiger charge is 2.15. The fourth-order valence-corrected chi connectivity index (χ4v) is 3.20. The van der Waals surface area contributed by atoms with Crippen molar-refractivity contribution in [1.82, 2.24) is 9.55 Å². The highest BCUT2D eigenvalue weighted by molar-refractivity contribution is 9.10. The van der Waals surface area contributed by atoms with Crippen LogP contribution < -0.4 is 5.73 Å². The van der Waals surface area contributed by atoms with Gasteiger partial charge in [-0.1, -0.05) is 39.7 Å². The largest absolute Gasteiger partial charge is 0.331 e. The zero-order chi connectivity index (χ0) is 15.0. The Balaban J connectivity index is 1.94. The molecule has 0 saturated carbocycles. The molecule has 0 radical (unpaired) electrons. The summed E-state index contributed by atoms with van der Waals surface area (Å²) in [6.45, 7) is 0. The highest BCUT2D eigenvalue weighted by atomic mass is 79.9. The molecule has 2 aromatic carbocycles. The SMILES string of the molecule is Cn1c(CC(N)c2cc(Cl)ccc2Br)nc2ccccc21. The van der Waals surface area contributed by atoms with Gasteiger partial charge < -0.3 is 10.3 Å². The number of para-hydroxylation sites is 2. The summed E-state index contributed by atoms with van der Waals surface area (Å²) < 4.78 is 3.06. The lowest BCUT2D eigenvalue weighted by Gasteiger charge is -2.14. The van der Waals surface area contributed by atoms with Crippen molar-refractivity contribution >= 4 is 38.6 Å². The van der Waals surface area contributed by atoms with Gasteiger partial charge in [-0.2, -0.15) is 0 Å². The Labute approximate surface area is 136 Å². The molecule has 108 valence electrons. The lowest BCUT2D eigenvalue weighted by molar-refractivity contribution is 0.663. The van der Waals surface area contributed by atoms with Crippen LogP contribution in [-0.2, 0) is 13.5 Å². The molecule has 0 saturated heterocycles. The maximum absolute atomic E-state index is 6.35. The van der Waals surface area contributed by atoms with Crippen LogP contribution >= 0.6 is 27.5 Å². The summed E-state index contributed by atoms with van der Waals surface area (Å²) in [6.07, 6.45) is 0.657. The van der Waals surface area contributed by atoms with Crippen LogP contribution in [-0.4, -0.2) is 9.55 Å². The van der Waals surface area contributed by atoms with Crippen molar-refractivity contribution in [1.29, 1.82) is 0 Å². The number of fused-ring (bicyclic) bond motifs is 1. The Kier molecular flexibility index (Phi) is 4.02. The summed E-state index contributed by atoms with van der Waals surface area (Å²) in [5.41, 5.74) is 9.45. The van der Waals surface area contributed by atoms with Crippen LogP contribution in [0.1, 0.15) is 17.4 Å². The van der Waals surface area contributed by atoms with Crippen LogP contribution in [0.2, 0.25) is 5.02 Å². The van der Waals surface area contributed by atoms with E-state index in [4.69, 9.17) is 17.3 Å². The number of nitrogens with zero attached hydrogens (tertiary/aromatic N) is 2. The Morgan fingerprint density at radius 3 is 2.81 bits per heavy atom. The van der Waals surface area contributed by atoms with E-state index >= 15 is 0 Å². The Bertz CT molecular complexity index is 797. The summed E-state index contributed by atoms with van der Waals surface area (Å²) >= 11 is 9.59. The van der Waals surface area contributed by atoms with E-state index in [1.54, 1.807) is 0 Å². The van der Waals surface area contributed by atoms with E-state index in [1.165, 1.54) is 0 Å². The maximum Gasteiger partial charge on any atom is 0.111 e. The van der Waals surface area contributed by atoms with Gasteiger partial charge >= 0.3 is 0 Å². The summed E-state index contributed by atoms with van der Waals surface area (Å²) in [7, 11) is 2.02. The van der Waals surface area contributed by atoms with Crippen molar-refractivity contribution in [2.45, 2.75) is 12.5 Å². The minimum Gasteiger partial charge on any atom is -0.331 e. The van der Waals surface area contributed by atoms with Gasteiger partial charge in [0.05, 0.1) is 11.0 Å². The van der Waals surface area contributed by atoms with E-state index in [0.29, 0.717) is 11.4 Å². The quantitative estimate of drug-likeness (QED) is 0.755. The topological polar surface area (TPSA) is 43.8 Å². The van der Waals surface area contributed by atoms with Gasteiger partial charge in [-0.15, -0.1) is 0 Å². The molecule has 3 rings (SSSR count). The molecule has 1 aromatic heterocycles. The average Bonchev–Trinajstić information content (AvgIpc) is 2.78. The molecule has 0 aliphatic carbocycles. The molecule has 0 aliphatic heterocycles. The standard InChI is InChI=1S/C16H15BrClN3/c1-21-15-5-3-2-4-14(15)20-16(21)9-13(19)11-8-10(18)6-7-12(11)17/h2-8,13H,9,19H2,1H3. The lowest BCUT2D eigenvalue weighted by Crippen LogP contribution is -2.16. The summed E-state index contributed by atoms with van der Waals surface area (Å²) in [5.74, 6) is 0.968. The molecule has 21 heavy (non-hydrogen) atoms. The van der Waals surface area contributed by atoms with Gasteiger partial charge in [0.1, 0.15) is 5.82 Å². The van der Waals surface area contributed by atoms with Gasteiger partial charge in [-0.05, 0) is 35.9 Å². The first-order valence-electron chi connectivity index (χ1n) is 6.67. The molecule has 0 aliphatic rings. The molecular formula is C16H15BrClN3. The number of rotatable bonds is 3. The number of aryl methyl sites for hydroxylation is 1. The van der Waals surface area contributed by atoms with Crippen molar-refractivity contribution in [2.24, 2.45) is 12.8 Å². The Hall–Kier alpha value is -1.36. The smallest absolute Gasteiger partial charge is 0.111 e. The van der Waals surface area contributed by atoms with E-state index in [-0.39, 0.29) is 6.04 Å². The molecule has 0 amide bonds. The van der Waals surface area contributed by atoms with E-state index in [9.17, 15) is 0 Å². The first kappa shape index (κ1) is 14.6. The maximum atomic E-state index is 6.35. The predicted molar refractivity (Wildman–Crippen MR) is 90.5 cm³/mol. The third-order valence-electron chi connectivity index (χ3n) is 3.64. The van der Waals surface area contributed by atoms with Gasteiger partial charge in [-0.3, -0.25) is 0 Å². The van der Waals surface area contributed by atoms with Gasteiger partial charge in [0.15, 0.2) is 0 Å². The normalized spacial score (nSPS) is 12.8. The number of nitrogens with two attached hydrogens (primary N) is 1. The fraction of sp³-hybridized carbons (Fsp3) is 0.188. The summed E-state index contributed by atoms with van der Waals surface area (Å²) in [6, 6.07) is 13.6. The molecule has 3 nitrogen and oxygen atoms in total. The first-order chi connectivity index (χ1) is 10.1. The Morgan fingerprint density at radius 2 is 2.05 bits per heavy atom. The molecule has 1 unspecified atom stereocenters. The summed E-state index contributed by atoms with van der Waals surface area (Å²) in [5, 5.41) is 0.689. The molecule has 0 bridgehead atoms. The van der Waals surface area contributed by atoms with Gasteiger partial charge in [0.2, 0.25) is 0 Å². The van der Waals surface area contributed by atoms with Crippen LogP contribution in [0.15, 0.2) is 46.9 Å². The van der Waals surface area contributed by atoms with Crippen molar-refractivity contribution in [3.8, 4) is 0 Å². The molecule has 1 heterocycles. The number of hydrogen-bond acceptors (Lipinski definition) is 2. The van der Waals surface area contributed by atoms with Gasteiger partial charge in [0.25, 0.3) is 0 Å². The average molecular weight is 365 g/mol. The van der Waals surface area contributed by atoms with Crippen LogP contribution in [0.5, 0.6) is 0 Å². The number of hydrogen-bond donors (Lipinski definition) is 1. The first-order valence-corrected chi connectivity index (χ1v) is 7.84. The highest BCUT2D eigenvalue weighted by Crippen LogP contribution is 2.28. The predicted octanol–water partition coefficient (Wildman–Crippen LogP) is 4.23. The fourth-order valence-electron chi connectivity index (χ4n) is 2.48. The van der Waals surface area contributed by atoms with Gasteiger partial charge in [-0.25, -0.2) is 4.98 Å². The van der Waals surface area contributed by atoms with E-state index in [1.807, 2.05) is 43.4 Å². The van der Waals surface area contributed by atoms with Crippen molar-refractivity contribution in [3.05, 3.63) is 63.3 Å². The molecule has 2 N–H and O–H groups in total. The molecule has 0 fully saturated rings. The van der Waals surface area contributed by atoms with Crippen LogP contribution in [0, 0.1) is 0 Å². The van der Waals surface area contributed by atoms with E-state index in [2.05, 4.69) is 31.5 Å². The van der Waals surface area contributed by atoms with Crippen molar-refractivity contribution in [3.63, 3.8) is 0 Å². The minimum absolute atomic E-state index is 0.159. The molecule has 1 atom stereocenters. The zero-order valence-electron chi connectivity index (χ0n) is 11.6. The monoisotopic (exact) mass is 363 g/mol. The minimum atomic E-state index is -0.159. The number of benzene rings is 2. The number of halogens is 2. The second-order valence-corrected chi connectivity index (χ2v) is 6.34. The third kappa shape index (κ3) is 2.84. The Morgan fingerprint density at radius 1 is 1.29 bits per heavy atom. The number of aromatic nitrogens is 2. The van der Waals surface area contributed by atoms with Gasteiger partial charge in [0, 0.05) is 29.0 Å². The number of imidazole rings is 1. The second-order valence-electron chi connectivity index (χ2n) is 5.05. The second kappa shape index (κ2) is 5.79. The van der Waals surface area contributed by atoms with Crippen LogP contribution in [0.3, 0.4) is 0 Å². The molecule has 5 heteroatoms. The third-order valence-corrected chi connectivity index (χ3v) is 4.60. The van der Waals surface area contributed by atoms with E-state index in [0.717, 1.165) is 26.9 Å². The van der Waals surface area contributed by atoms with Crippen molar-refractivity contribution in [2.75, 3.05) is 0 Å². The van der Waals surface area contributed by atoms with E-state index < -0.39 is 0 Å². The molecule has 0 spiro atoms. The molecular weight excluding hydrogens is 350 g/mol. The van der Waals surface area contributed by atoms with Crippen LogP contribution in [0.4, 0.5) is 0 Å². The summed E-state index contributed by atoms with van der Waals surface area (Å²) in [4.78, 5) is 4.66. The van der Waals surface area contributed by atoms with Crippen LogP contribution in [0.25, 0.3) is 11.0 Å². The lowest BCUT2D eigenvalue weighted by atomic mass is 10.0. The van der Waals surface area contributed by atoms with Crippen molar-refractivity contribution < 1.29 is 0 Å². The zero-order valence-corrected chi connectivity index (χ0v) is 13.9.